The van der Waals surface area contributed by atoms with Crippen molar-refractivity contribution < 1.29 is 5.11 Å². The molecule has 0 bridgehead atoms. The molecule has 0 aliphatic heterocycles. The molecule has 0 aliphatic carbocycles. The number of hydrogen-bond acceptors (Lipinski definition) is 2. The molecule has 2 aromatic carbocycles. The summed E-state index contributed by atoms with van der Waals surface area (Å²) in [4.78, 5) is 0. The average Bonchev–Trinajstić information content (AvgIpc) is 2.37. The monoisotopic (exact) mass is 295 g/mol. The lowest BCUT2D eigenvalue weighted by molar-refractivity contribution is 0.471. The Labute approximate surface area is 123 Å². The van der Waals surface area contributed by atoms with E-state index in [0.29, 0.717) is 10.0 Å². The third-order valence-electron chi connectivity index (χ3n) is 3.04. The summed E-state index contributed by atoms with van der Waals surface area (Å²) in [5, 5.41) is 14.1. The fourth-order valence-corrected chi connectivity index (χ4v) is 2.35. The van der Waals surface area contributed by atoms with Crippen LogP contribution >= 0.6 is 23.2 Å². The molecule has 2 rings (SSSR count). The lowest BCUT2D eigenvalue weighted by Crippen LogP contribution is -2.07. The standard InChI is InChI=1S/C15H15Cl2NO/c1-9-6-7-11(8-14(9)19)18-10(2)12-4-3-5-13(16)15(12)17/h3-8,10,18-19H,1-2H3. The van der Waals surface area contributed by atoms with Crippen LogP contribution in [0.4, 0.5) is 5.69 Å². The van der Waals surface area contributed by atoms with E-state index in [-0.39, 0.29) is 11.8 Å². The van der Waals surface area contributed by atoms with Crippen LogP contribution in [0.15, 0.2) is 36.4 Å². The number of benzene rings is 2. The second kappa shape index (κ2) is 5.72. The maximum Gasteiger partial charge on any atom is 0.120 e. The lowest BCUT2D eigenvalue weighted by Gasteiger charge is -2.18. The van der Waals surface area contributed by atoms with E-state index in [1.54, 1.807) is 12.1 Å². The number of anilines is 1. The summed E-state index contributed by atoms with van der Waals surface area (Å²) in [5.74, 6) is 0.273. The summed E-state index contributed by atoms with van der Waals surface area (Å²) in [6.45, 7) is 3.85. The summed E-state index contributed by atoms with van der Waals surface area (Å²) in [7, 11) is 0. The molecular formula is C15H15Cl2NO. The van der Waals surface area contributed by atoms with Gasteiger partial charge in [0.15, 0.2) is 0 Å². The average molecular weight is 296 g/mol. The van der Waals surface area contributed by atoms with E-state index >= 15 is 0 Å². The van der Waals surface area contributed by atoms with E-state index < -0.39 is 0 Å². The molecule has 0 fully saturated rings. The van der Waals surface area contributed by atoms with Crippen molar-refractivity contribution in [3.8, 4) is 5.75 Å². The van der Waals surface area contributed by atoms with Gasteiger partial charge in [-0.25, -0.2) is 0 Å². The number of aromatic hydroxyl groups is 1. The Kier molecular flexibility index (Phi) is 4.23. The van der Waals surface area contributed by atoms with Gasteiger partial charge in [0.25, 0.3) is 0 Å². The van der Waals surface area contributed by atoms with Gasteiger partial charge in [0.1, 0.15) is 5.75 Å². The van der Waals surface area contributed by atoms with E-state index in [0.717, 1.165) is 16.8 Å². The number of rotatable bonds is 3. The predicted molar refractivity (Wildman–Crippen MR) is 81.3 cm³/mol. The van der Waals surface area contributed by atoms with Crippen LogP contribution in [0.1, 0.15) is 24.1 Å². The second-order valence-corrected chi connectivity index (χ2v) is 5.30. The van der Waals surface area contributed by atoms with Crippen molar-refractivity contribution in [2.45, 2.75) is 19.9 Å². The van der Waals surface area contributed by atoms with E-state index in [4.69, 9.17) is 23.2 Å². The van der Waals surface area contributed by atoms with Gasteiger partial charge in [-0.2, -0.15) is 0 Å². The maximum atomic E-state index is 9.70. The van der Waals surface area contributed by atoms with Gasteiger partial charge in [-0.1, -0.05) is 41.4 Å². The Balaban J connectivity index is 2.23. The fourth-order valence-electron chi connectivity index (χ4n) is 1.88. The first kappa shape index (κ1) is 14.0. The molecule has 0 spiro atoms. The number of aryl methyl sites for hydroxylation is 1. The van der Waals surface area contributed by atoms with E-state index in [9.17, 15) is 5.11 Å². The van der Waals surface area contributed by atoms with Crippen molar-refractivity contribution in [1.82, 2.24) is 0 Å². The molecule has 0 heterocycles. The summed E-state index contributed by atoms with van der Waals surface area (Å²) >= 11 is 12.2. The van der Waals surface area contributed by atoms with Crippen LogP contribution in [0.25, 0.3) is 0 Å². The molecule has 0 saturated carbocycles. The van der Waals surface area contributed by atoms with Gasteiger partial charge >= 0.3 is 0 Å². The van der Waals surface area contributed by atoms with Crippen LogP contribution in [-0.2, 0) is 0 Å². The second-order valence-electron chi connectivity index (χ2n) is 4.51. The van der Waals surface area contributed by atoms with Crippen LogP contribution < -0.4 is 5.32 Å². The Morgan fingerprint density at radius 3 is 2.58 bits per heavy atom. The van der Waals surface area contributed by atoms with Gasteiger partial charge < -0.3 is 10.4 Å². The molecule has 0 amide bonds. The molecule has 0 radical (unpaired) electrons. The predicted octanol–water partition coefficient (Wildman–Crippen LogP) is 5.18. The first-order chi connectivity index (χ1) is 8.99. The van der Waals surface area contributed by atoms with Crippen LogP contribution in [0, 0.1) is 6.92 Å². The summed E-state index contributed by atoms with van der Waals surface area (Å²) in [5.41, 5.74) is 2.61. The van der Waals surface area contributed by atoms with Gasteiger partial charge in [-0.15, -0.1) is 0 Å². The van der Waals surface area contributed by atoms with Gasteiger partial charge in [0.2, 0.25) is 0 Å². The molecule has 0 aromatic heterocycles. The van der Waals surface area contributed by atoms with Crippen molar-refractivity contribution in [2.75, 3.05) is 5.32 Å². The number of phenols is 1. The van der Waals surface area contributed by atoms with Crippen molar-refractivity contribution >= 4 is 28.9 Å². The molecule has 1 unspecified atom stereocenters. The Hall–Kier alpha value is -1.38. The van der Waals surface area contributed by atoms with Gasteiger partial charge in [0.05, 0.1) is 16.1 Å². The van der Waals surface area contributed by atoms with Crippen molar-refractivity contribution in [3.63, 3.8) is 0 Å². The minimum Gasteiger partial charge on any atom is -0.508 e. The van der Waals surface area contributed by atoms with Crippen molar-refractivity contribution in [3.05, 3.63) is 57.6 Å². The van der Waals surface area contributed by atoms with E-state index in [1.165, 1.54) is 0 Å². The SMILES string of the molecule is Cc1ccc(NC(C)c2cccc(Cl)c2Cl)cc1O. The van der Waals surface area contributed by atoms with E-state index in [1.807, 2.05) is 38.1 Å². The van der Waals surface area contributed by atoms with Crippen LogP contribution in [0.5, 0.6) is 5.75 Å². The molecule has 2 nitrogen and oxygen atoms in total. The topological polar surface area (TPSA) is 32.3 Å². The van der Waals surface area contributed by atoms with Gasteiger partial charge in [0, 0.05) is 11.8 Å². The van der Waals surface area contributed by atoms with Gasteiger partial charge in [-0.05, 0) is 37.1 Å². The highest BCUT2D eigenvalue weighted by atomic mass is 35.5. The van der Waals surface area contributed by atoms with Gasteiger partial charge in [-0.3, -0.25) is 0 Å². The quantitative estimate of drug-likeness (QED) is 0.818. The molecule has 19 heavy (non-hydrogen) atoms. The highest BCUT2D eigenvalue weighted by Crippen LogP contribution is 2.32. The molecule has 0 saturated heterocycles. The highest BCUT2D eigenvalue weighted by Gasteiger charge is 2.12. The molecule has 1 atom stereocenters. The minimum atomic E-state index is -0.00620. The zero-order valence-electron chi connectivity index (χ0n) is 10.7. The van der Waals surface area contributed by atoms with Crippen LogP contribution in [0.2, 0.25) is 10.0 Å². The normalized spacial score (nSPS) is 12.2. The number of halogens is 2. The molecule has 4 heteroatoms. The summed E-state index contributed by atoms with van der Waals surface area (Å²) in [6.07, 6.45) is 0. The molecule has 100 valence electrons. The summed E-state index contributed by atoms with van der Waals surface area (Å²) < 4.78 is 0. The van der Waals surface area contributed by atoms with E-state index in [2.05, 4.69) is 5.32 Å². The zero-order valence-corrected chi connectivity index (χ0v) is 12.3. The van der Waals surface area contributed by atoms with Crippen LogP contribution in [-0.4, -0.2) is 5.11 Å². The number of hydrogen-bond donors (Lipinski definition) is 2. The third kappa shape index (κ3) is 3.14. The lowest BCUT2D eigenvalue weighted by atomic mass is 10.1. The smallest absolute Gasteiger partial charge is 0.120 e. The minimum absolute atomic E-state index is 0.00620. The molecular weight excluding hydrogens is 281 g/mol. The Morgan fingerprint density at radius 2 is 1.89 bits per heavy atom. The Bertz CT molecular complexity index is 599. The van der Waals surface area contributed by atoms with Crippen LogP contribution in [0.3, 0.4) is 0 Å². The highest BCUT2D eigenvalue weighted by molar-refractivity contribution is 6.42. The molecule has 2 N–H and O–H groups in total. The summed E-state index contributed by atoms with van der Waals surface area (Å²) in [6, 6.07) is 11.0. The molecule has 2 aromatic rings. The largest absolute Gasteiger partial charge is 0.508 e. The maximum absolute atomic E-state index is 9.70. The number of nitrogens with one attached hydrogen (secondary N) is 1. The van der Waals surface area contributed by atoms with Crippen molar-refractivity contribution in [2.24, 2.45) is 0 Å². The third-order valence-corrected chi connectivity index (χ3v) is 3.87. The molecule has 0 aliphatic rings. The number of phenolic OH excluding ortho intramolecular Hbond substituents is 1. The first-order valence-corrected chi connectivity index (χ1v) is 6.74. The Morgan fingerprint density at radius 1 is 1.16 bits per heavy atom. The fraction of sp³-hybridized carbons (Fsp3) is 0.200. The van der Waals surface area contributed by atoms with Crippen molar-refractivity contribution in [1.29, 1.82) is 0 Å². The zero-order chi connectivity index (χ0) is 14.0. The first-order valence-electron chi connectivity index (χ1n) is 5.99.